The van der Waals surface area contributed by atoms with Gasteiger partial charge in [0.2, 0.25) is 5.95 Å². The fourth-order valence-electron chi connectivity index (χ4n) is 1.87. The van der Waals surface area contributed by atoms with E-state index in [1.165, 1.54) is 23.9 Å². The minimum Gasteiger partial charge on any atom is -0.357 e. The molecule has 1 aromatic carbocycles. The summed E-state index contributed by atoms with van der Waals surface area (Å²) in [5, 5.41) is 4.43. The van der Waals surface area contributed by atoms with Crippen molar-refractivity contribution < 1.29 is 8.78 Å². The predicted octanol–water partition coefficient (Wildman–Crippen LogP) is 4.47. The number of thiophene rings is 1. The minimum absolute atomic E-state index is 0.335. The second-order valence-corrected chi connectivity index (χ2v) is 6.62. The summed E-state index contributed by atoms with van der Waals surface area (Å²) in [4.78, 5) is 11.0. The number of halogens is 2. The Bertz CT molecular complexity index is 817. The molecule has 2 aromatic heterocycles. The highest BCUT2D eigenvalue weighted by Crippen LogP contribution is 2.36. The molecule has 3 aromatic rings. The second-order valence-electron chi connectivity index (χ2n) is 4.36. The summed E-state index contributed by atoms with van der Waals surface area (Å²) in [7, 11) is 1.73. The molecule has 0 saturated heterocycles. The van der Waals surface area contributed by atoms with E-state index in [1.807, 2.05) is 13.0 Å². The van der Waals surface area contributed by atoms with Gasteiger partial charge in [0.15, 0.2) is 0 Å². The maximum absolute atomic E-state index is 13.8. The van der Waals surface area contributed by atoms with Crippen LogP contribution in [-0.4, -0.2) is 17.0 Å². The molecule has 0 saturated carbocycles. The number of anilines is 1. The van der Waals surface area contributed by atoms with Gasteiger partial charge in [-0.2, -0.15) is 0 Å². The van der Waals surface area contributed by atoms with Crippen LogP contribution in [0.5, 0.6) is 0 Å². The molecule has 0 aliphatic rings. The van der Waals surface area contributed by atoms with Crippen molar-refractivity contribution in [3.63, 3.8) is 0 Å². The molecule has 21 heavy (non-hydrogen) atoms. The first-order chi connectivity index (χ1) is 10.1. The maximum Gasteiger partial charge on any atom is 0.224 e. The number of hydrogen-bond acceptors (Lipinski definition) is 5. The third-order valence-electron chi connectivity index (χ3n) is 2.81. The van der Waals surface area contributed by atoms with Gasteiger partial charge in [0.1, 0.15) is 21.5 Å². The van der Waals surface area contributed by atoms with Crippen LogP contribution < -0.4 is 5.32 Å². The molecule has 0 fully saturated rings. The third kappa shape index (κ3) is 2.84. The number of rotatable bonds is 3. The molecule has 108 valence electrons. The van der Waals surface area contributed by atoms with Crippen molar-refractivity contribution in [3.8, 4) is 0 Å². The highest BCUT2D eigenvalue weighted by molar-refractivity contribution is 7.99. The van der Waals surface area contributed by atoms with Crippen LogP contribution >= 0.6 is 23.1 Å². The van der Waals surface area contributed by atoms with E-state index in [0.29, 0.717) is 15.9 Å². The monoisotopic (exact) mass is 323 g/mol. The van der Waals surface area contributed by atoms with Gasteiger partial charge in [-0.15, -0.1) is 11.3 Å². The van der Waals surface area contributed by atoms with Crippen molar-refractivity contribution in [2.75, 3.05) is 12.4 Å². The summed E-state index contributed by atoms with van der Waals surface area (Å²) < 4.78 is 26.8. The van der Waals surface area contributed by atoms with Gasteiger partial charge in [-0.3, -0.25) is 0 Å². The number of hydrogen-bond donors (Lipinski definition) is 1. The molecule has 3 rings (SSSR count). The van der Waals surface area contributed by atoms with E-state index in [2.05, 4.69) is 15.3 Å². The summed E-state index contributed by atoms with van der Waals surface area (Å²) in [6, 6.07) is 5.50. The van der Waals surface area contributed by atoms with Crippen LogP contribution in [0, 0.1) is 18.6 Å². The van der Waals surface area contributed by atoms with E-state index in [-0.39, 0.29) is 0 Å². The Morgan fingerprint density at radius 3 is 2.71 bits per heavy atom. The van der Waals surface area contributed by atoms with E-state index >= 15 is 0 Å². The van der Waals surface area contributed by atoms with Crippen LogP contribution in [0.4, 0.5) is 14.7 Å². The molecule has 1 N–H and O–H groups in total. The van der Waals surface area contributed by atoms with E-state index in [1.54, 1.807) is 18.4 Å². The highest BCUT2D eigenvalue weighted by atomic mass is 32.2. The zero-order valence-electron chi connectivity index (χ0n) is 11.3. The molecule has 0 aliphatic carbocycles. The van der Waals surface area contributed by atoms with E-state index in [4.69, 9.17) is 0 Å². The molecule has 0 amide bonds. The normalized spacial score (nSPS) is 11.0. The number of benzene rings is 1. The van der Waals surface area contributed by atoms with Crippen LogP contribution in [0.1, 0.15) is 4.88 Å². The molecular weight excluding hydrogens is 312 g/mol. The molecule has 0 atom stereocenters. The number of nitrogens with one attached hydrogen (secondary N) is 1. The van der Waals surface area contributed by atoms with Gasteiger partial charge in [0.25, 0.3) is 0 Å². The maximum atomic E-state index is 13.8. The van der Waals surface area contributed by atoms with Gasteiger partial charge in [0.05, 0.1) is 0 Å². The Labute approximate surface area is 128 Å². The topological polar surface area (TPSA) is 37.8 Å². The lowest BCUT2D eigenvalue weighted by atomic mass is 10.3. The van der Waals surface area contributed by atoms with Crippen molar-refractivity contribution in [2.45, 2.75) is 16.8 Å². The zero-order valence-corrected chi connectivity index (χ0v) is 12.9. The molecule has 2 heterocycles. The van der Waals surface area contributed by atoms with Gasteiger partial charge in [0, 0.05) is 28.3 Å². The van der Waals surface area contributed by atoms with E-state index < -0.39 is 11.6 Å². The SMILES string of the molecule is CNc1nc(Sc2ccc(F)cc2F)c2cc(C)sc2n1. The van der Waals surface area contributed by atoms with Crippen LogP contribution in [0.25, 0.3) is 10.2 Å². The average molecular weight is 323 g/mol. The van der Waals surface area contributed by atoms with Crippen LogP contribution in [0.2, 0.25) is 0 Å². The molecule has 0 spiro atoms. The van der Waals surface area contributed by atoms with Gasteiger partial charge in [-0.25, -0.2) is 18.7 Å². The summed E-state index contributed by atoms with van der Waals surface area (Å²) in [5.41, 5.74) is 0. The van der Waals surface area contributed by atoms with Crippen molar-refractivity contribution in [1.82, 2.24) is 9.97 Å². The average Bonchev–Trinajstić information content (AvgIpc) is 2.82. The van der Waals surface area contributed by atoms with E-state index in [0.717, 1.165) is 21.2 Å². The number of fused-ring (bicyclic) bond motifs is 1. The third-order valence-corrected chi connectivity index (χ3v) is 4.81. The molecule has 3 nitrogen and oxygen atoms in total. The number of aromatic nitrogens is 2. The van der Waals surface area contributed by atoms with Crippen LogP contribution in [-0.2, 0) is 0 Å². The Morgan fingerprint density at radius 1 is 1.19 bits per heavy atom. The summed E-state index contributed by atoms with van der Waals surface area (Å²) >= 11 is 2.72. The van der Waals surface area contributed by atoms with Crippen molar-refractivity contribution in [2.24, 2.45) is 0 Å². The molecule has 0 unspecified atom stereocenters. The lowest BCUT2D eigenvalue weighted by molar-refractivity contribution is 0.565. The van der Waals surface area contributed by atoms with Gasteiger partial charge in [-0.05, 0) is 25.1 Å². The molecule has 7 heteroatoms. The van der Waals surface area contributed by atoms with Crippen molar-refractivity contribution in [1.29, 1.82) is 0 Å². The van der Waals surface area contributed by atoms with Crippen LogP contribution in [0.3, 0.4) is 0 Å². The smallest absolute Gasteiger partial charge is 0.224 e. The fraction of sp³-hybridized carbons (Fsp3) is 0.143. The standard InChI is InChI=1S/C14H11F2N3S2/c1-7-5-9-12(20-7)18-14(17-2)19-13(9)21-11-4-3-8(15)6-10(11)16/h3-6H,1-2H3,(H,17,18,19). The van der Waals surface area contributed by atoms with Gasteiger partial charge >= 0.3 is 0 Å². The first kappa shape index (κ1) is 14.2. The lowest BCUT2D eigenvalue weighted by Crippen LogP contribution is -1.97. The summed E-state index contributed by atoms with van der Waals surface area (Å²) in [6.45, 7) is 1.98. The van der Waals surface area contributed by atoms with E-state index in [9.17, 15) is 8.78 Å². The molecule has 0 bridgehead atoms. The Hall–Kier alpha value is -1.73. The summed E-state index contributed by atoms with van der Waals surface area (Å²) in [5.74, 6) is -0.703. The molecule has 0 aliphatic heterocycles. The van der Waals surface area contributed by atoms with Gasteiger partial charge in [-0.1, -0.05) is 11.8 Å². The number of aryl methyl sites for hydroxylation is 1. The zero-order chi connectivity index (χ0) is 15.0. The Kier molecular flexibility index (Phi) is 3.77. The van der Waals surface area contributed by atoms with Crippen LogP contribution in [0.15, 0.2) is 34.2 Å². The first-order valence-corrected chi connectivity index (χ1v) is 7.79. The molecular formula is C14H11F2N3S2. The quantitative estimate of drug-likeness (QED) is 0.722. The Balaban J connectivity index is 2.10. The second kappa shape index (κ2) is 5.57. The minimum atomic E-state index is -0.593. The highest BCUT2D eigenvalue weighted by Gasteiger charge is 2.13. The largest absolute Gasteiger partial charge is 0.357 e. The fourth-order valence-corrected chi connectivity index (χ4v) is 3.71. The van der Waals surface area contributed by atoms with Gasteiger partial charge < -0.3 is 5.32 Å². The predicted molar refractivity (Wildman–Crippen MR) is 82.2 cm³/mol. The number of nitrogens with zero attached hydrogens (tertiary/aromatic N) is 2. The lowest BCUT2D eigenvalue weighted by Gasteiger charge is -2.06. The Morgan fingerprint density at radius 2 is 2.00 bits per heavy atom. The summed E-state index contributed by atoms with van der Waals surface area (Å²) in [6.07, 6.45) is 0. The van der Waals surface area contributed by atoms with Crippen molar-refractivity contribution in [3.05, 3.63) is 40.8 Å². The van der Waals surface area contributed by atoms with Crippen molar-refractivity contribution >= 4 is 39.3 Å². The molecule has 0 radical (unpaired) electrons. The first-order valence-electron chi connectivity index (χ1n) is 6.15.